The van der Waals surface area contributed by atoms with Crippen molar-refractivity contribution in [2.45, 2.75) is 11.8 Å². The minimum absolute atomic E-state index is 0.177. The fourth-order valence-electron chi connectivity index (χ4n) is 1.72. The molecule has 0 spiro atoms. The fraction of sp³-hybridized carbons (Fsp3) is 0.133. The Morgan fingerprint density at radius 1 is 1.16 bits per heavy atom. The van der Waals surface area contributed by atoms with E-state index in [2.05, 4.69) is 0 Å². The van der Waals surface area contributed by atoms with E-state index >= 15 is 0 Å². The molecule has 0 atom stereocenters. The number of rotatable bonds is 4. The lowest BCUT2D eigenvalue weighted by atomic mass is 10.1. The Hall–Kier alpha value is -1.94. The first-order valence-electron chi connectivity index (χ1n) is 5.76. The predicted molar refractivity (Wildman–Crippen MR) is 76.4 cm³/mol. The third-order valence-electron chi connectivity index (χ3n) is 2.65. The summed E-state index contributed by atoms with van der Waals surface area (Å²) in [5, 5.41) is 9.21. The molecular weight excluding hydrogens is 260 g/mol. The van der Waals surface area contributed by atoms with Gasteiger partial charge in [0.25, 0.3) is 0 Å². The summed E-state index contributed by atoms with van der Waals surface area (Å²) in [6.07, 6.45) is 1.95. The summed E-state index contributed by atoms with van der Waals surface area (Å²) in [6.45, 7) is 1.85. The molecule has 2 aromatic carbocycles. The molecular formula is C15H14O3S. The van der Waals surface area contributed by atoms with E-state index in [1.807, 2.05) is 43.5 Å². The summed E-state index contributed by atoms with van der Waals surface area (Å²) in [5.74, 6) is 0.0429. The molecule has 0 aliphatic carbocycles. The van der Waals surface area contributed by atoms with Crippen LogP contribution in [0, 0.1) is 6.92 Å². The molecule has 2 aromatic rings. The second-order valence-electron chi connectivity index (χ2n) is 4.06. The van der Waals surface area contributed by atoms with E-state index in [9.17, 15) is 9.90 Å². The Morgan fingerprint density at radius 2 is 1.89 bits per heavy atom. The quantitative estimate of drug-likeness (QED) is 0.848. The summed E-state index contributed by atoms with van der Waals surface area (Å²) < 4.78 is 5.75. The van der Waals surface area contributed by atoms with Crippen molar-refractivity contribution in [1.29, 1.82) is 0 Å². The van der Waals surface area contributed by atoms with Crippen LogP contribution in [0.4, 0.5) is 0 Å². The monoisotopic (exact) mass is 274 g/mol. The van der Waals surface area contributed by atoms with Crippen molar-refractivity contribution in [3.05, 3.63) is 53.6 Å². The zero-order valence-electron chi connectivity index (χ0n) is 10.7. The number of carboxylic acid groups (broad SMARTS) is 1. The van der Waals surface area contributed by atoms with Gasteiger partial charge in [0.1, 0.15) is 17.1 Å². The maximum atomic E-state index is 11.2. The Bertz CT molecular complexity index is 608. The highest BCUT2D eigenvalue weighted by Gasteiger charge is 2.13. The van der Waals surface area contributed by atoms with Crippen LogP contribution in [0.2, 0.25) is 0 Å². The van der Waals surface area contributed by atoms with E-state index in [1.165, 1.54) is 0 Å². The van der Waals surface area contributed by atoms with Crippen LogP contribution in [0.5, 0.6) is 11.5 Å². The first-order chi connectivity index (χ1) is 9.11. The maximum absolute atomic E-state index is 11.2. The SMILES string of the molecule is CSc1ccccc1Oc1ccc(C)cc1C(=O)O. The molecule has 0 aliphatic rings. The number of benzene rings is 2. The smallest absolute Gasteiger partial charge is 0.339 e. The molecule has 0 amide bonds. The zero-order valence-corrected chi connectivity index (χ0v) is 11.5. The highest BCUT2D eigenvalue weighted by atomic mass is 32.2. The summed E-state index contributed by atoms with van der Waals surface area (Å²) in [6, 6.07) is 12.7. The van der Waals surface area contributed by atoms with E-state index in [-0.39, 0.29) is 5.56 Å². The molecule has 1 N–H and O–H groups in total. The van der Waals surface area contributed by atoms with E-state index in [0.29, 0.717) is 11.5 Å². The van der Waals surface area contributed by atoms with E-state index in [1.54, 1.807) is 23.9 Å². The zero-order chi connectivity index (χ0) is 13.8. The highest BCUT2D eigenvalue weighted by molar-refractivity contribution is 7.98. The second kappa shape index (κ2) is 5.80. The topological polar surface area (TPSA) is 46.5 Å². The van der Waals surface area contributed by atoms with Gasteiger partial charge in [-0.15, -0.1) is 11.8 Å². The number of aryl methyl sites for hydroxylation is 1. The number of aromatic carboxylic acids is 1. The molecule has 0 saturated carbocycles. The number of carbonyl (C=O) groups is 1. The Kier molecular flexibility index (Phi) is 4.12. The highest BCUT2D eigenvalue weighted by Crippen LogP contribution is 2.33. The van der Waals surface area contributed by atoms with Gasteiger partial charge < -0.3 is 9.84 Å². The third-order valence-corrected chi connectivity index (χ3v) is 3.43. The maximum Gasteiger partial charge on any atom is 0.339 e. The van der Waals surface area contributed by atoms with Gasteiger partial charge in [-0.3, -0.25) is 0 Å². The van der Waals surface area contributed by atoms with Crippen molar-refractivity contribution in [3.63, 3.8) is 0 Å². The summed E-state index contributed by atoms with van der Waals surface area (Å²) >= 11 is 1.56. The molecule has 98 valence electrons. The molecule has 0 bridgehead atoms. The molecule has 0 saturated heterocycles. The molecule has 0 unspecified atom stereocenters. The van der Waals surface area contributed by atoms with Crippen molar-refractivity contribution < 1.29 is 14.6 Å². The standard InChI is InChI=1S/C15H14O3S/c1-10-7-8-12(11(9-10)15(16)17)18-13-5-3-4-6-14(13)19-2/h3-9H,1-2H3,(H,16,17). The van der Waals surface area contributed by atoms with Crippen LogP contribution in [0.3, 0.4) is 0 Å². The molecule has 19 heavy (non-hydrogen) atoms. The first kappa shape index (κ1) is 13.5. The van der Waals surface area contributed by atoms with E-state index in [4.69, 9.17) is 4.74 Å². The van der Waals surface area contributed by atoms with Gasteiger partial charge in [-0.05, 0) is 37.4 Å². The second-order valence-corrected chi connectivity index (χ2v) is 4.91. The average molecular weight is 274 g/mol. The summed E-state index contributed by atoms with van der Waals surface area (Å²) in [5.41, 5.74) is 1.07. The Morgan fingerprint density at radius 3 is 2.58 bits per heavy atom. The average Bonchev–Trinajstić information content (AvgIpc) is 2.41. The molecule has 0 aromatic heterocycles. The number of carboxylic acids is 1. The molecule has 0 fully saturated rings. The van der Waals surface area contributed by atoms with Crippen LogP contribution in [0.1, 0.15) is 15.9 Å². The fourth-order valence-corrected chi connectivity index (χ4v) is 2.25. The molecule has 4 heteroatoms. The lowest BCUT2D eigenvalue weighted by Crippen LogP contribution is -2.00. The van der Waals surface area contributed by atoms with Gasteiger partial charge in [0.2, 0.25) is 0 Å². The molecule has 0 aliphatic heterocycles. The largest absolute Gasteiger partial charge is 0.478 e. The predicted octanol–water partition coefficient (Wildman–Crippen LogP) is 4.21. The van der Waals surface area contributed by atoms with Crippen molar-refractivity contribution in [2.24, 2.45) is 0 Å². The first-order valence-corrected chi connectivity index (χ1v) is 6.99. The number of ether oxygens (including phenoxy) is 1. The van der Waals surface area contributed by atoms with Crippen molar-refractivity contribution in [3.8, 4) is 11.5 Å². The minimum Gasteiger partial charge on any atom is -0.478 e. The van der Waals surface area contributed by atoms with Gasteiger partial charge in [0.15, 0.2) is 0 Å². The number of hydrogen-bond donors (Lipinski definition) is 1. The normalized spacial score (nSPS) is 10.2. The number of hydrogen-bond acceptors (Lipinski definition) is 3. The molecule has 0 heterocycles. The Balaban J connectivity index is 2.41. The van der Waals surface area contributed by atoms with Crippen molar-refractivity contribution in [1.82, 2.24) is 0 Å². The summed E-state index contributed by atoms with van der Waals surface area (Å²) in [4.78, 5) is 12.2. The van der Waals surface area contributed by atoms with E-state index in [0.717, 1.165) is 10.5 Å². The Labute approximate surface area is 116 Å². The molecule has 3 nitrogen and oxygen atoms in total. The number of para-hydroxylation sites is 1. The van der Waals surface area contributed by atoms with Gasteiger partial charge in [0, 0.05) is 4.90 Å². The summed E-state index contributed by atoms with van der Waals surface area (Å²) in [7, 11) is 0. The van der Waals surface area contributed by atoms with Crippen LogP contribution in [-0.2, 0) is 0 Å². The van der Waals surface area contributed by atoms with E-state index < -0.39 is 5.97 Å². The van der Waals surface area contributed by atoms with Gasteiger partial charge >= 0.3 is 5.97 Å². The van der Waals surface area contributed by atoms with Gasteiger partial charge in [0.05, 0.1) is 0 Å². The van der Waals surface area contributed by atoms with Gasteiger partial charge in [-0.25, -0.2) is 4.79 Å². The molecule has 2 rings (SSSR count). The number of thioether (sulfide) groups is 1. The van der Waals surface area contributed by atoms with Crippen molar-refractivity contribution in [2.75, 3.05) is 6.26 Å². The minimum atomic E-state index is -0.986. The van der Waals surface area contributed by atoms with Crippen LogP contribution in [0.15, 0.2) is 47.4 Å². The lowest BCUT2D eigenvalue weighted by molar-refractivity contribution is 0.0694. The van der Waals surface area contributed by atoms with Gasteiger partial charge in [-0.2, -0.15) is 0 Å². The van der Waals surface area contributed by atoms with Gasteiger partial charge in [-0.1, -0.05) is 23.8 Å². The van der Waals surface area contributed by atoms with Crippen molar-refractivity contribution >= 4 is 17.7 Å². The lowest BCUT2D eigenvalue weighted by Gasteiger charge is -2.12. The third kappa shape index (κ3) is 3.09. The van der Waals surface area contributed by atoms with Crippen LogP contribution >= 0.6 is 11.8 Å². The van der Waals surface area contributed by atoms with Crippen LogP contribution < -0.4 is 4.74 Å². The molecule has 0 radical (unpaired) electrons. The van der Waals surface area contributed by atoms with Crippen LogP contribution in [0.25, 0.3) is 0 Å². The van der Waals surface area contributed by atoms with Crippen LogP contribution in [-0.4, -0.2) is 17.3 Å².